The van der Waals surface area contributed by atoms with Gasteiger partial charge in [-0.25, -0.2) is 0 Å². The number of aromatic nitrogens is 2. The quantitative estimate of drug-likeness (QED) is 0.169. The lowest BCUT2D eigenvalue weighted by molar-refractivity contribution is 0.107. The van der Waals surface area contributed by atoms with Crippen molar-refractivity contribution in [3.05, 3.63) is 88.7 Å². The van der Waals surface area contributed by atoms with Gasteiger partial charge in [0.2, 0.25) is 0 Å². The van der Waals surface area contributed by atoms with Crippen LogP contribution in [0.4, 0.5) is 0 Å². The van der Waals surface area contributed by atoms with Crippen LogP contribution in [0, 0.1) is 13.8 Å². The Kier molecular flexibility index (Phi) is 11.2. The van der Waals surface area contributed by atoms with E-state index in [9.17, 15) is 0 Å². The summed E-state index contributed by atoms with van der Waals surface area (Å²) in [6.07, 6.45) is 0.983. The fourth-order valence-corrected chi connectivity index (χ4v) is 3.43. The van der Waals surface area contributed by atoms with Crippen molar-refractivity contribution in [1.82, 2.24) is 20.4 Å². The molecule has 0 aliphatic carbocycles. The van der Waals surface area contributed by atoms with Gasteiger partial charge >= 0.3 is 0 Å². The van der Waals surface area contributed by atoms with E-state index < -0.39 is 0 Å². The smallest absolute Gasteiger partial charge is 0.191 e. The maximum Gasteiger partial charge on any atom is 0.191 e. The van der Waals surface area contributed by atoms with E-state index in [0.29, 0.717) is 19.8 Å². The molecule has 32 heavy (non-hydrogen) atoms. The molecule has 0 radical (unpaired) electrons. The van der Waals surface area contributed by atoms with Crippen molar-refractivity contribution in [2.24, 2.45) is 4.99 Å². The van der Waals surface area contributed by atoms with E-state index in [1.807, 2.05) is 25.1 Å². The minimum Gasteiger partial charge on any atom is -0.372 e. The van der Waals surface area contributed by atoms with Gasteiger partial charge in [0, 0.05) is 32.4 Å². The van der Waals surface area contributed by atoms with Gasteiger partial charge in [0.15, 0.2) is 5.96 Å². The Balaban J connectivity index is 0.00000363. The summed E-state index contributed by atoms with van der Waals surface area (Å²) < 4.78 is 7.91. The van der Waals surface area contributed by atoms with E-state index >= 15 is 0 Å². The number of hydrogen-bond donors (Lipinski definition) is 2. The van der Waals surface area contributed by atoms with Crippen molar-refractivity contribution in [3.8, 4) is 0 Å². The second-order valence-electron chi connectivity index (χ2n) is 7.65. The summed E-state index contributed by atoms with van der Waals surface area (Å²) in [6.45, 7) is 7.79. The zero-order valence-electron chi connectivity index (χ0n) is 19.2. The van der Waals surface area contributed by atoms with Crippen LogP contribution in [0.15, 0.2) is 65.7 Å². The van der Waals surface area contributed by atoms with E-state index in [1.54, 1.807) is 7.05 Å². The van der Waals surface area contributed by atoms with E-state index in [1.165, 1.54) is 22.4 Å². The molecule has 0 aliphatic rings. The minimum absolute atomic E-state index is 0. The largest absolute Gasteiger partial charge is 0.372 e. The molecule has 3 aromatic rings. The van der Waals surface area contributed by atoms with Crippen molar-refractivity contribution in [3.63, 3.8) is 0 Å². The molecule has 2 N–H and O–H groups in total. The maximum atomic E-state index is 5.86. The molecule has 0 bridgehead atoms. The molecule has 0 saturated carbocycles. The Hall–Kier alpha value is -2.39. The molecular weight excluding hydrogens is 513 g/mol. The first kappa shape index (κ1) is 25.9. The van der Waals surface area contributed by atoms with Crippen LogP contribution in [-0.2, 0) is 31.0 Å². The number of nitrogens with one attached hydrogen (secondary N) is 2. The third-order valence-corrected chi connectivity index (χ3v) is 5.00. The summed E-state index contributed by atoms with van der Waals surface area (Å²) in [5, 5.41) is 11.3. The van der Waals surface area contributed by atoms with Crippen molar-refractivity contribution in [1.29, 1.82) is 0 Å². The Morgan fingerprint density at radius 2 is 1.66 bits per heavy atom. The van der Waals surface area contributed by atoms with Crippen LogP contribution in [0.3, 0.4) is 0 Å². The minimum atomic E-state index is 0. The summed E-state index contributed by atoms with van der Waals surface area (Å²) in [7, 11) is 1.80. The standard InChI is InChI=1S/C25H33N5O.HI/c1-20-15-21(2)30(29-20)14-8-13-27-25(26-3)28-17-23-11-7-12-24(16-23)19-31-18-22-9-5-4-6-10-22;/h4-7,9-12,15-16H,8,13-14,17-19H2,1-3H3,(H2,26,27,28);1H. The molecule has 1 heterocycles. The Labute approximate surface area is 208 Å². The molecule has 3 rings (SSSR count). The first-order chi connectivity index (χ1) is 15.1. The predicted octanol–water partition coefficient (Wildman–Crippen LogP) is 4.59. The van der Waals surface area contributed by atoms with Crippen LogP contribution >= 0.6 is 24.0 Å². The molecule has 0 saturated heterocycles. The number of nitrogens with zero attached hydrogens (tertiary/aromatic N) is 3. The van der Waals surface area contributed by atoms with Gasteiger partial charge < -0.3 is 15.4 Å². The Bertz CT molecular complexity index is 971. The molecule has 172 valence electrons. The third-order valence-electron chi connectivity index (χ3n) is 5.00. The van der Waals surface area contributed by atoms with Crippen molar-refractivity contribution in [2.45, 2.75) is 46.6 Å². The van der Waals surface area contributed by atoms with E-state index in [-0.39, 0.29) is 24.0 Å². The van der Waals surface area contributed by atoms with Gasteiger partial charge in [0.1, 0.15) is 0 Å². The average molecular weight is 547 g/mol. The topological polar surface area (TPSA) is 63.5 Å². The van der Waals surface area contributed by atoms with Gasteiger partial charge in [-0.3, -0.25) is 9.67 Å². The lowest BCUT2D eigenvalue weighted by Gasteiger charge is -2.13. The molecule has 0 atom stereocenters. The number of halogens is 1. The van der Waals surface area contributed by atoms with Gasteiger partial charge in [-0.05, 0) is 43.0 Å². The zero-order valence-corrected chi connectivity index (χ0v) is 21.5. The summed E-state index contributed by atoms with van der Waals surface area (Å²) in [6, 6.07) is 20.8. The highest BCUT2D eigenvalue weighted by Crippen LogP contribution is 2.09. The van der Waals surface area contributed by atoms with E-state index in [2.05, 4.69) is 74.8 Å². The second kappa shape index (κ2) is 13.9. The normalized spacial score (nSPS) is 11.2. The number of aliphatic imine (C=N–C) groups is 1. The average Bonchev–Trinajstić information content (AvgIpc) is 3.11. The summed E-state index contributed by atoms with van der Waals surface area (Å²) >= 11 is 0. The fraction of sp³-hybridized carbons (Fsp3) is 0.360. The van der Waals surface area contributed by atoms with Crippen LogP contribution in [0.1, 0.15) is 34.5 Å². The van der Waals surface area contributed by atoms with E-state index in [0.717, 1.165) is 31.2 Å². The van der Waals surface area contributed by atoms with Crippen LogP contribution in [0.5, 0.6) is 0 Å². The number of aryl methyl sites for hydroxylation is 3. The van der Waals surface area contributed by atoms with Crippen molar-refractivity contribution < 1.29 is 4.74 Å². The number of guanidine groups is 1. The van der Waals surface area contributed by atoms with E-state index in [4.69, 9.17) is 4.74 Å². The van der Waals surface area contributed by atoms with Crippen LogP contribution in [-0.4, -0.2) is 29.3 Å². The zero-order chi connectivity index (χ0) is 21.9. The Morgan fingerprint density at radius 3 is 2.38 bits per heavy atom. The predicted molar refractivity (Wildman–Crippen MR) is 141 cm³/mol. The fourth-order valence-electron chi connectivity index (χ4n) is 3.43. The molecule has 6 nitrogen and oxygen atoms in total. The maximum absolute atomic E-state index is 5.86. The highest BCUT2D eigenvalue weighted by Gasteiger charge is 2.03. The highest BCUT2D eigenvalue weighted by atomic mass is 127. The van der Waals surface area contributed by atoms with Gasteiger partial charge in [-0.2, -0.15) is 5.10 Å². The van der Waals surface area contributed by atoms with Gasteiger partial charge in [-0.15, -0.1) is 24.0 Å². The number of hydrogen-bond acceptors (Lipinski definition) is 3. The summed E-state index contributed by atoms with van der Waals surface area (Å²) in [5.41, 5.74) is 5.82. The van der Waals surface area contributed by atoms with Crippen LogP contribution in [0.2, 0.25) is 0 Å². The van der Waals surface area contributed by atoms with Crippen LogP contribution in [0.25, 0.3) is 0 Å². The van der Waals surface area contributed by atoms with Crippen LogP contribution < -0.4 is 10.6 Å². The Morgan fingerprint density at radius 1 is 0.938 bits per heavy atom. The lowest BCUT2D eigenvalue weighted by Crippen LogP contribution is -2.37. The molecule has 0 amide bonds. The summed E-state index contributed by atoms with van der Waals surface area (Å²) in [4.78, 5) is 4.32. The first-order valence-electron chi connectivity index (χ1n) is 10.8. The summed E-state index contributed by atoms with van der Waals surface area (Å²) in [5.74, 6) is 0.805. The lowest BCUT2D eigenvalue weighted by atomic mass is 10.1. The molecule has 0 aliphatic heterocycles. The molecule has 0 spiro atoms. The molecule has 0 fully saturated rings. The third kappa shape index (κ3) is 8.63. The number of rotatable bonds is 10. The van der Waals surface area contributed by atoms with Crippen molar-refractivity contribution in [2.75, 3.05) is 13.6 Å². The van der Waals surface area contributed by atoms with Gasteiger partial charge in [-0.1, -0.05) is 54.6 Å². The number of benzene rings is 2. The molecule has 7 heteroatoms. The first-order valence-corrected chi connectivity index (χ1v) is 10.8. The second-order valence-corrected chi connectivity index (χ2v) is 7.65. The monoisotopic (exact) mass is 547 g/mol. The highest BCUT2D eigenvalue weighted by molar-refractivity contribution is 14.0. The molecule has 0 unspecified atom stereocenters. The SMILES string of the molecule is CN=C(NCCCn1nc(C)cc1C)NCc1cccc(COCc2ccccc2)c1.I. The molecule has 2 aromatic carbocycles. The molecular formula is C25H34IN5O. The van der Waals surface area contributed by atoms with Gasteiger partial charge in [0.05, 0.1) is 18.9 Å². The van der Waals surface area contributed by atoms with Gasteiger partial charge in [0.25, 0.3) is 0 Å². The number of ether oxygens (including phenoxy) is 1. The molecule has 1 aromatic heterocycles. The van der Waals surface area contributed by atoms with Crippen molar-refractivity contribution >= 4 is 29.9 Å².